The number of hydrogen-bond acceptors (Lipinski definition) is 3. The first-order valence-corrected chi connectivity index (χ1v) is 24.6. The standard InChI is InChI=1S/C68H50N4O/c1-3-49-30-33-55(44-50(49)4-2)71-61-37-29-48(24-12-6-8-19-41-69-53-27-15-10-16-28-53)43-59(61)65-63(71)39-35-57-58-36-40-64-66(68(58)73-67(57)65)60-46-54(70-42-20-7-5-11-21-47-22-13-9-14-23-47)32-38-62(60)72(64)56-34-31-51-25-17-18-26-52(51)45-56/h3-46,69-70H,1-2H2/b7-5-,8-6-,21-11-,24-12-,41-19+,42-20+. The van der Waals surface area contributed by atoms with E-state index in [0.717, 1.165) is 105 Å². The predicted octanol–water partition coefficient (Wildman–Crippen LogP) is 18.6. The van der Waals surface area contributed by atoms with E-state index in [4.69, 9.17) is 4.42 Å². The van der Waals surface area contributed by atoms with Gasteiger partial charge >= 0.3 is 0 Å². The van der Waals surface area contributed by atoms with Crippen molar-refractivity contribution in [1.29, 1.82) is 0 Å². The highest BCUT2D eigenvalue weighted by Crippen LogP contribution is 2.45. The number of nitrogens with one attached hydrogen (secondary N) is 2. The Hall–Kier alpha value is -9.84. The molecule has 0 saturated carbocycles. The van der Waals surface area contributed by atoms with Crippen LogP contribution >= 0.6 is 0 Å². The molecule has 5 nitrogen and oxygen atoms in total. The van der Waals surface area contributed by atoms with Crippen molar-refractivity contribution in [1.82, 2.24) is 9.13 Å². The lowest BCUT2D eigenvalue weighted by Crippen LogP contribution is -1.95. The maximum atomic E-state index is 7.41. The number of rotatable bonds is 14. The molecule has 0 aliphatic carbocycles. The fourth-order valence-electron chi connectivity index (χ4n) is 10.1. The third-order valence-electron chi connectivity index (χ3n) is 13.6. The van der Waals surface area contributed by atoms with Crippen LogP contribution in [0.5, 0.6) is 0 Å². The maximum absolute atomic E-state index is 7.41. The zero-order valence-corrected chi connectivity index (χ0v) is 40.1. The molecule has 0 radical (unpaired) electrons. The van der Waals surface area contributed by atoms with Crippen molar-refractivity contribution in [3.8, 4) is 11.4 Å². The minimum absolute atomic E-state index is 0.851. The number of anilines is 2. The Bertz CT molecular complexity index is 4280. The van der Waals surface area contributed by atoms with Gasteiger partial charge in [-0.3, -0.25) is 0 Å². The highest BCUT2D eigenvalue weighted by atomic mass is 16.3. The van der Waals surface area contributed by atoms with Gasteiger partial charge in [-0.25, -0.2) is 0 Å². The number of aromatic nitrogens is 2. The second-order valence-corrected chi connectivity index (χ2v) is 18.0. The van der Waals surface area contributed by atoms with Gasteiger partial charge in [-0.2, -0.15) is 0 Å². The Morgan fingerprint density at radius 2 is 0.918 bits per heavy atom. The van der Waals surface area contributed by atoms with Crippen LogP contribution in [0.25, 0.3) is 112 Å². The van der Waals surface area contributed by atoms with Crippen LogP contribution in [0.2, 0.25) is 0 Å². The van der Waals surface area contributed by atoms with E-state index in [2.05, 4.69) is 191 Å². The van der Waals surface area contributed by atoms with Gasteiger partial charge in [-0.05, 0) is 136 Å². The summed E-state index contributed by atoms with van der Waals surface area (Å²) < 4.78 is 12.1. The number of nitrogens with zero attached hydrogens (tertiary/aromatic N) is 2. The van der Waals surface area contributed by atoms with E-state index in [1.54, 1.807) is 0 Å². The van der Waals surface area contributed by atoms with Crippen LogP contribution < -0.4 is 10.6 Å². The molecule has 12 aromatic rings. The van der Waals surface area contributed by atoms with Gasteiger partial charge in [0.2, 0.25) is 0 Å². The van der Waals surface area contributed by atoms with E-state index >= 15 is 0 Å². The summed E-state index contributed by atoms with van der Waals surface area (Å²) in [4.78, 5) is 0. The van der Waals surface area contributed by atoms with E-state index in [9.17, 15) is 0 Å². The van der Waals surface area contributed by atoms with Crippen LogP contribution in [0.1, 0.15) is 22.3 Å². The predicted molar refractivity (Wildman–Crippen MR) is 315 cm³/mol. The van der Waals surface area contributed by atoms with Crippen molar-refractivity contribution in [2.45, 2.75) is 0 Å². The molecule has 5 heteroatoms. The van der Waals surface area contributed by atoms with Crippen molar-refractivity contribution in [3.05, 3.63) is 278 Å². The molecule has 2 N–H and O–H groups in total. The van der Waals surface area contributed by atoms with Gasteiger partial charge in [0.25, 0.3) is 0 Å². The lowest BCUT2D eigenvalue weighted by molar-refractivity contribution is 0.677. The summed E-state index contributed by atoms with van der Waals surface area (Å²) in [6.45, 7) is 8.21. The van der Waals surface area contributed by atoms with Crippen LogP contribution in [0, 0.1) is 0 Å². The number of furan rings is 1. The molecule has 12 rings (SSSR count). The summed E-state index contributed by atoms with van der Waals surface area (Å²) in [5.74, 6) is 0. The quantitative estimate of drug-likeness (QED) is 0.107. The van der Waals surface area contributed by atoms with Gasteiger partial charge in [-0.1, -0.05) is 165 Å². The number of fused-ring (bicyclic) bond motifs is 12. The average Bonchev–Trinajstić information content (AvgIpc) is 4.10. The Labute approximate surface area is 423 Å². The molecule has 3 heterocycles. The molecule has 0 saturated heterocycles. The van der Waals surface area contributed by atoms with Crippen molar-refractivity contribution in [3.63, 3.8) is 0 Å². The zero-order chi connectivity index (χ0) is 49.1. The molecule has 0 unspecified atom stereocenters. The largest absolute Gasteiger partial charge is 0.455 e. The second-order valence-electron chi connectivity index (χ2n) is 18.0. The third kappa shape index (κ3) is 8.45. The van der Waals surface area contributed by atoms with Gasteiger partial charge < -0.3 is 24.2 Å². The lowest BCUT2D eigenvalue weighted by Gasteiger charge is -2.11. The summed E-state index contributed by atoms with van der Waals surface area (Å²) in [5, 5.41) is 15.7. The van der Waals surface area contributed by atoms with E-state index in [-0.39, 0.29) is 0 Å². The first-order chi connectivity index (χ1) is 36.1. The van der Waals surface area contributed by atoms with Gasteiger partial charge in [-0.15, -0.1) is 0 Å². The molecule has 0 aliphatic rings. The molecule has 0 aliphatic heterocycles. The summed E-state index contributed by atoms with van der Waals surface area (Å²) in [7, 11) is 0. The van der Waals surface area contributed by atoms with Gasteiger partial charge in [0.1, 0.15) is 11.2 Å². The molecular formula is C68H50N4O. The van der Waals surface area contributed by atoms with Gasteiger partial charge in [0, 0.05) is 56.7 Å². The Morgan fingerprint density at radius 1 is 0.370 bits per heavy atom. The molecule has 0 fully saturated rings. The topological polar surface area (TPSA) is 47.1 Å². The van der Waals surface area contributed by atoms with Crippen molar-refractivity contribution >= 4 is 112 Å². The van der Waals surface area contributed by atoms with Crippen molar-refractivity contribution in [2.75, 3.05) is 10.6 Å². The molecule has 73 heavy (non-hydrogen) atoms. The summed E-state index contributed by atoms with van der Waals surface area (Å²) >= 11 is 0. The lowest BCUT2D eigenvalue weighted by atomic mass is 10.0. The Morgan fingerprint density at radius 3 is 1.60 bits per heavy atom. The van der Waals surface area contributed by atoms with Gasteiger partial charge in [0.05, 0.1) is 32.8 Å². The van der Waals surface area contributed by atoms with E-state index in [1.807, 2.05) is 110 Å². The second kappa shape index (κ2) is 19.5. The molecule has 0 bridgehead atoms. The number of hydrogen-bond donors (Lipinski definition) is 2. The Kier molecular flexibility index (Phi) is 11.9. The van der Waals surface area contributed by atoms with Crippen LogP contribution in [-0.4, -0.2) is 9.13 Å². The molecule has 0 spiro atoms. The third-order valence-corrected chi connectivity index (χ3v) is 13.6. The zero-order valence-electron chi connectivity index (χ0n) is 40.1. The minimum atomic E-state index is 0.851. The maximum Gasteiger partial charge on any atom is 0.145 e. The van der Waals surface area contributed by atoms with Crippen LogP contribution in [-0.2, 0) is 0 Å². The molecular weight excluding hydrogens is 889 g/mol. The summed E-state index contributed by atoms with van der Waals surface area (Å²) in [5.41, 5.74) is 14.5. The first-order valence-electron chi connectivity index (χ1n) is 24.6. The molecule has 0 amide bonds. The Balaban J connectivity index is 1.01. The SMILES string of the molecule is C=Cc1ccc(-n2c3ccc(\C=C/C=C\C=C\Nc4ccccc4)cc3c3c4oc5c(ccc6c5c5cc(N/C=C/C=C\C=C/c7ccccc7)ccc5n6-c5ccc6ccccc6c5)c4ccc32)cc1C=C. The molecule has 3 aromatic heterocycles. The minimum Gasteiger partial charge on any atom is -0.455 e. The molecule has 9 aromatic carbocycles. The summed E-state index contributed by atoms with van der Waals surface area (Å²) in [6.07, 6.45) is 28.2. The fourth-order valence-corrected chi connectivity index (χ4v) is 10.1. The molecule has 348 valence electrons. The van der Waals surface area contributed by atoms with Crippen LogP contribution in [0.3, 0.4) is 0 Å². The molecule has 0 atom stereocenters. The smallest absolute Gasteiger partial charge is 0.145 e. The first kappa shape index (κ1) is 44.4. The van der Waals surface area contributed by atoms with Crippen LogP contribution in [0.4, 0.5) is 11.4 Å². The van der Waals surface area contributed by atoms with E-state index < -0.39 is 0 Å². The fraction of sp³-hybridized carbons (Fsp3) is 0. The average molecular weight is 939 g/mol. The highest BCUT2D eigenvalue weighted by molar-refractivity contribution is 6.29. The highest BCUT2D eigenvalue weighted by Gasteiger charge is 2.23. The van der Waals surface area contributed by atoms with E-state index in [0.29, 0.717) is 0 Å². The van der Waals surface area contributed by atoms with Crippen LogP contribution in [0.15, 0.2) is 261 Å². The normalized spacial score (nSPS) is 12.4. The van der Waals surface area contributed by atoms with E-state index in [1.165, 1.54) is 16.3 Å². The number of benzene rings is 9. The number of allylic oxidation sites excluding steroid dienone is 8. The van der Waals surface area contributed by atoms with Crippen molar-refractivity contribution in [2.24, 2.45) is 0 Å². The summed E-state index contributed by atoms with van der Waals surface area (Å²) in [6, 6.07) is 64.4. The van der Waals surface area contributed by atoms with Crippen molar-refractivity contribution < 1.29 is 4.42 Å². The number of para-hydroxylation sites is 1. The monoisotopic (exact) mass is 938 g/mol. The van der Waals surface area contributed by atoms with Gasteiger partial charge in [0.15, 0.2) is 0 Å².